The Balaban J connectivity index is 1.79. The molecule has 0 spiro atoms. The zero-order chi connectivity index (χ0) is 21.1. The molecule has 0 atom stereocenters. The van der Waals surface area contributed by atoms with E-state index < -0.39 is 0 Å². The van der Waals surface area contributed by atoms with E-state index in [9.17, 15) is 9.59 Å². The maximum atomic E-state index is 13.3. The SMILES string of the molecule is COc1ccc2cc(CN(C(=O)c3cccnc3)c3ccccc3C)c(=O)[nH]c2c1. The Bertz CT molecular complexity index is 1270. The molecule has 1 N–H and O–H groups in total. The molecular weight excluding hydrogens is 378 g/mol. The van der Waals surface area contributed by atoms with Crippen molar-refractivity contribution in [2.75, 3.05) is 12.0 Å². The van der Waals surface area contributed by atoms with Crippen molar-refractivity contribution in [1.29, 1.82) is 0 Å². The minimum Gasteiger partial charge on any atom is -0.497 e. The van der Waals surface area contributed by atoms with Gasteiger partial charge in [0.05, 0.1) is 24.7 Å². The number of pyridine rings is 2. The molecule has 0 aliphatic carbocycles. The van der Waals surface area contributed by atoms with Crippen LogP contribution in [0.25, 0.3) is 10.9 Å². The van der Waals surface area contributed by atoms with E-state index in [1.54, 1.807) is 36.4 Å². The Morgan fingerprint density at radius 2 is 1.93 bits per heavy atom. The molecule has 2 heterocycles. The van der Waals surface area contributed by atoms with Gasteiger partial charge in [0, 0.05) is 29.7 Å². The second-order valence-corrected chi connectivity index (χ2v) is 7.00. The molecule has 2 aromatic carbocycles. The van der Waals surface area contributed by atoms with Gasteiger partial charge in [0.25, 0.3) is 11.5 Å². The first-order valence-corrected chi connectivity index (χ1v) is 9.54. The molecule has 150 valence electrons. The summed E-state index contributed by atoms with van der Waals surface area (Å²) in [5.41, 5.74) is 3.09. The number of carbonyl (C=O) groups is 1. The number of H-pyrrole nitrogens is 1. The topological polar surface area (TPSA) is 75.3 Å². The Labute approximate surface area is 173 Å². The van der Waals surface area contributed by atoms with E-state index in [0.29, 0.717) is 22.4 Å². The van der Waals surface area contributed by atoms with Crippen molar-refractivity contribution < 1.29 is 9.53 Å². The number of methoxy groups -OCH3 is 1. The number of rotatable bonds is 5. The lowest BCUT2D eigenvalue weighted by atomic mass is 10.1. The van der Waals surface area contributed by atoms with Crippen molar-refractivity contribution in [1.82, 2.24) is 9.97 Å². The third-order valence-electron chi connectivity index (χ3n) is 5.02. The summed E-state index contributed by atoms with van der Waals surface area (Å²) >= 11 is 0. The zero-order valence-corrected chi connectivity index (χ0v) is 16.8. The molecule has 6 heteroatoms. The first-order valence-electron chi connectivity index (χ1n) is 9.54. The first-order chi connectivity index (χ1) is 14.6. The zero-order valence-electron chi connectivity index (χ0n) is 16.8. The van der Waals surface area contributed by atoms with Crippen molar-refractivity contribution in [3.63, 3.8) is 0 Å². The molecule has 0 aliphatic rings. The molecule has 6 nitrogen and oxygen atoms in total. The van der Waals surface area contributed by atoms with Crippen molar-refractivity contribution >= 4 is 22.5 Å². The lowest BCUT2D eigenvalue weighted by Crippen LogP contribution is -2.33. The van der Waals surface area contributed by atoms with E-state index >= 15 is 0 Å². The number of para-hydroxylation sites is 1. The summed E-state index contributed by atoms with van der Waals surface area (Å²) in [6.07, 6.45) is 3.15. The number of nitrogens with one attached hydrogen (secondary N) is 1. The number of aromatic nitrogens is 2. The largest absolute Gasteiger partial charge is 0.497 e. The van der Waals surface area contributed by atoms with E-state index in [0.717, 1.165) is 16.6 Å². The fourth-order valence-corrected chi connectivity index (χ4v) is 3.42. The average molecular weight is 399 g/mol. The summed E-state index contributed by atoms with van der Waals surface area (Å²) in [5.74, 6) is 0.450. The van der Waals surface area contributed by atoms with Gasteiger partial charge in [0.1, 0.15) is 5.75 Å². The summed E-state index contributed by atoms with van der Waals surface area (Å²) in [5, 5.41) is 0.865. The van der Waals surface area contributed by atoms with E-state index in [1.165, 1.54) is 6.20 Å². The van der Waals surface area contributed by atoms with Crippen LogP contribution in [0.2, 0.25) is 0 Å². The summed E-state index contributed by atoms with van der Waals surface area (Å²) in [6, 6.07) is 18.4. The Hall–Kier alpha value is -3.93. The van der Waals surface area contributed by atoms with Crippen LogP contribution in [-0.2, 0) is 6.54 Å². The molecule has 30 heavy (non-hydrogen) atoms. The van der Waals surface area contributed by atoms with Gasteiger partial charge in [-0.1, -0.05) is 18.2 Å². The smallest absolute Gasteiger partial charge is 0.260 e. The van der Waals surface area contributed by atoms with Crippen molar-refractivity contribution in [2.45, 2.75) is 13.5 Å². The minimum atomic E-state index is -0.242. The predicted octanol–water partition coefficient (Wildman–Crippen LogP) is 4.09. The van der Waals surface area contributed by atoms with Crippen LogP contribution in [0.4, 0.5) is 5.69 Å². The number of fused-ring (bicyclic) bond motifs is 1. The van der Waals surface area contributed by atoms with Gasteiger partial charge in [-0.25, -0.2) is 0 Å². The van der Waals surface area contributed by atoms with Crippen LogP contribution >= 0.6 is 0 Å². The number of ether oxygens (including phenoxy) is 1. The minimum absolute atomic E-state index is 0.135. The van der Waals surface area contributed by atoms with Crippen molar-refractivity contribution in [2.24, 2.45) is 0 Å². The lowest BCUT2D eigenvalue weighted by molar-refractivity contribution is 0.0984. The predicted molar refractivity (Wildman–Crippen MR) is 117 cm³/mol. The first kappa shape index (κ1) is 19.4. The second-order valence-electron chi connectivity index (χ2n) is 7.00. The Kier molecular flexibility index (Phi) is 5.30. The van der Waals surface area contributed by atoms with E-state index in [4.69, 9.17) is 4.74 Å². The molecule has 0 saturated heterocycles. The van der Waals surface area contributed by atoms with Crippen LogP contribution in [0.5, 0.6) is 5.75 Å². The van der Waals surface area contributed by atoms with Gasteiger partial charge in [-0.15, -0.1) is 0 Å². The van der Waals surface area contributed by atoms with Crippen LogP contribution in [0.15, 0.2) is 77.9 Å². The van der Waals surface area contributed by atoms with Crippen molar-refractivity contribution in [3.8, 4) is 5.75 Å². The monoisotopic (exact) mass is 399 g/mol. The molecule has 4 aromatic rings. The van der Waals surface area contributed by atoms with Gasteiger partial charge in [0.15, 0.2) is 0 Å². The van der Waals surface area contributed by atoms with Gasteiger partial charge in [-0.3, -0.25) is 14.6 Å². The number of carbonyl (C=O) groups excluding carboxylic acids is 1. The van der Waals surface area contributed by atoms with Gasteiger partial charge in [-0.2, -0.15) is 0 Å². The number of aromatic amines is 1. The second kappa shape index (κ2) is 8.21. The molecule has 4 rings (SSSR count). The summed E-state index contributed by atoms with van der Waals surface area (Å²) in [7, 11) is 1.58. The molecule has 0 aliphatic heterocycles. The number of hydrogen-bond donors (Lipinski definition) is 1. The normalized spacial score (nSPS) is 10.7. The maximum absolute atomic E-state index is 13.3. The van der Waals surface area contributed by atoms with Crippen LogP contribution in [0.1, 0.15) is 21.5 Å². The Morgan fingerprint density at radius 3 is 2.67 bits per heavy atom. The van der Waals surface area contributed by atoms with Gasteiger partial charge in [-0.05, 0) is 54.3 Å². The molecule has 0 fully saturated rings. The Morgan fingerprint density at radius 1 is 1.10 bits per heavy atom. The number of aryl methyl sites for hydroxylation is 1. The third-order valence-corrected chi connectivity index (χ3v) is 5.02. The molecule has 0 unspecified atom stereocenters. The number of nitrogens with zero attached hydrogens (tertiary/aromatic N) is 2. The van der Waals surface area contributed by atoms with Crippen LogP contribution in [-0.4, -0.2) is 23.0 Å². The standard InChI is InChI=1S/C24H21N3O3/c1-16-6-3-4-8-22(16)27(24(29)18-7-5-11-25-14-18)15-19-12-17-9-10-20(30-2)13-21(17)26-23(19)28/h3-14H,15H2,1-2H3,(H,26,28). The maximum Gasteiger partial charge on any atom is 0.260 e. The van der Waals surface area contributed by atoms with Crippen LogP contribution in [0.3, 0.4) is 0 Å². The molecule has 0 bridgehead atoms. The van der Waals surface area contributed by atoms with E-state index in [2.05, 4.69) is 9.97 Å². The average Bonchev–Trinajstić information content (AvgIpc) is 2.78. The molecule has 1 amide bonds. The number of benzene rings is 2. The van der Waals surface area contributed by atoms with Gasteiger partial charge in [0.2, 0.25) is 0 Å². The highest BCUT2D eigenvalue weighted by Gasteiger charge is 2.21. The summed E-state index contributed by atoms with van der Waals surface area (Å²) in [6.45, 7) is 2.08. The van der Waals surface area contributed by atoms with Gasteiger partial charge >= 0.3 is 0 Å². The highest BCUT2D eigenvalue weighted by Crippen LogP contribution is 2.24. The highest BCUT2D eigenvalue weighted by atomic mass is 16.5. The van der Waals surface area contributed by atoms with Crippen molar-refractivity contribution in [3.05, 3.63) is 100 Å². The van der Waals surface area contributed by atoms with Crippen LogP contribution in [0, 0.1) is 6.92 Å². The van der Waals surface area contributed by atoms with Crippen LogP contribution < -0.4 is 15.2 Å². The molecule has 2 aromatic heterocycles. The fourth-order valence-electron chi connectivity index (χ4n) is 3.42. The fraction of sp³-hybridized carbons (Fsp3) is 0.125. The van der Waals surface area contributed by atoms with E-state index in [1.807, 2.05) is 49.4 Å². The molecular formula is C24H21N3O3. The lowest BCUT2D eigenvalue weighted by Gasteiger charge is -2.24. The highest BCUT2D eigenvalue weighted by molar-refractivity contribution is 6.06. The summed E-state index contributed by atoms with van der Waals surface area (Å²) < 4.78 is 5.23. The molecule has 0 saturated carbocycles. The summed E-state index contributed by atoms with van der Waals surface area (Å²) in [4.78, 5) is 34.7. The number of hydrogen-bond acceptors (Lipinski definition) is 4. The number of anilines is 1. The molecule has 0 radical (unpaired) electrons. The van der Waals surface area contributed by atoms with E-state index in [-0.39, 0.29) is 18.0 Å². The third kappa shape index (κ3) is 3.80. The van der Waals surface area contributed by atoms with Gasteiger partial charge < -0.3 is 14.6 Å². The number of amides is 1. The quantitative estimate of drug-likeness (QED) is 0.549.